The number of carbonyl (C=O) groups excluding carboxylic acids is 2. The number of hydrogen-bond acceptors (Lipinski definition) is 10. The molecule has 1 aliphatic carbocycles. The molecule has 3 fully saturated rings. The lowest BCUT2D eigenvalue weighted by Crippen LogP contribution is -2.68. The van der Waals surface area contributed by atoms with E-state index < -0.39 is 23.6 Å². The molecule has 4 aromatic rings. The number of benzene rings is 1. The van der Waals surface area contributed by atoms with E-state index in [2.05, 4.69) is 30.5 Å². The summed E-state index contributed by atoms with van der Waals surface area (Å²) < 4.78 is 38.7. The number of ether oxygens (including phenoxy) is 4. The number of aromatic nitrogens is 3. The molecule has 1 saturated carbocycles. The zero-order valence-corrected chi connectivity index (χ0v) is 26.1. The van der Waals surface area contributed by atoms with Crippen molar-refractivity contribution in [3.05, 3.63) is 77.7 Å². The van der Waals surface area contributed by atoms with Crippen LogP contribution in [0.3, 0.4) is 0 Å². The van der Waals surface area contributed by atoms with Crippen molar-refractivity contribution >= 4 is 34.7 Å². The molecule has 4 aliphatic rings. The van der Waals surface area contributed by atoms with Crippen LogP contribution in [0, 0.1) is 5.82 Å². The van der Waals surface area contributed by atoms with Crippen molar-refractivity contribution in [1.29, 1.82) is 0 Å². The van der Waals surface area contributed by atoms with Gasteiger partial charge < -0.3 is 34.5 Å². The summed E-state index contributed by atoms with van der Waals surface area (Å²) >= 11 is 0. The number of pyridine rings is 3. The molecule has 13 heteroatoms. The number of amides is 2. The SMILES string of the molecule is COc1ccc2ncc(F)c(CC(NC(=O)OCc3ccccc3)C34CCC(N(C)c5ccc6c(n5)NC(=O)CO6)(CC3)CO4)c2n1. The maximum Gasteiger partial charge on any atom is 0.407 e. The van der Waals surface area contributed by atoms with Crippen molar-refractivity contribution < 1.29 is 32.9 Å². The molecule has 0 radical (unpaired) electrons. The highest BCUT2D eigenvalue weighted by atomic mass is 19.1. The second-order valence-corrected chi connectivity index (χ2v) is 12.3. The molecule has 6 heterocycles. The predicted molar refractivity (Wildman–Crippen MR) is 170 cm³/mol. The van der Waals surface area contributed by atoms with Crippen LogP contribution < -0.4 is 25.0 Å². The van der Waals surface area contributed by atoms with E-state index in [1.165, 1.54) is 13.3 Å². The Balaban J connectivity index is 1.15. The average Bonchev–Trinajstić information content (AvgIpc) is 3.11. The van der Waals surface area contributed by atoms with E-state index in [1.54, 1.807) is 18.2 Å². The lowest BCUT2D eigenvalue weighted by atomic mass is 9.66. The van der Waals surface area contributed by atoms with Gasteiger partial charge in [0.05, 0.1) is 48.1 Å². The summed E-state index contributed by atoms with van der Waals surface area (Å²) in [6.07, 6.45) is 3.29. The second-order valence-electron chi connectivity index (χ2n) is 12.3. The van der Waals surface area contributed by atoms with Gasteiger partial charge in [-0.25, -0.2) is 19.2 Å². The fourth-order valence-corrected chi connectivity index (χ4v) is 6.83. The van der Waals surface area contributed by atoms with Gasteiger partial charge in [0.1, 0.15) is 18.2 Å². The first kappa shape index (κ1) is 30.6. The van der Waals surface area contributed by atoms with E-state index in [0.29, 0.717) is 59.3 Å². The van der Waals surface area contributed by atoms with Crippen LogP contribution in [-0.2, 0) is 27.3 Å². The lowest BCUT2D eigenvalue weighted by molar-refractivity contribution is -0.169. The van der Waals surface area contributed by atoms with Crippen LogP contribution in [0.5, 0.6) is 11.6 Å². The molecule has 0 spiro atoms. The minimum atomic E-state index is -0.791. The minimum absolute atomic E-state index is 0.0402. The molecule has 2 bridgehead atoms. The predicted octanol–water partition coefficient (Wildman–Crippen LogP) is 4.56. The minimum Gasteiger partial charge on any atom is -0.481 e. The summed E-state index contributed by atoms with van der Waals surface area (Å²) in [4.78, 5) is 40.7. The number of likely N-dealkylation sites (N-methyl/N-ethyl adjacent to an activating group) is 1. The third-order valence-electron chi connectivity index (χ3n) is 9.67. The monoisotopic (exact) mass is 642 g/mol. The Morgan fingerprint density at radius 2 is 1.91 bits per heavy atom. The molecular formula is C34H35FN6O6. The highest BCUT2D eigenvalue weighted by Crippen LogP contribution is 2.49. The highest BCUT2D eigenvalue weighted by Gasteiger charge is 2.56. The topological polar surface area (TPSA) is 137 Å². The molecule has 1 unspecified atom stereocenters. The quantitative estimate of drug-likeness (QED) is 0.267. The third kappa shape index (κ3) is 5.86. The Morgan fingerprint density at radius 3 is 2.66 bits per heavy atom. The molecule has 47 heavy (non-hydrogen) atoms. The number of anilines is 2. The van der Waals surface area contributed by atoms with Gasteiger partial charge in [-0.1, -0.05) is 30.3 Å². The number of halogens is 1. The Morgan fingerprint density at radius 1 is 1.11 bits per heavy atom. The zero-order valence-electron chi connectivity index (χ0n) is 26.1. The van der Waals surface area contributed by atoms with Crippen molar-refractivity contribution in [2.24, 2.45) is 0 Å². The summed E-state index contributed by atoms with van der Waals surface area (Å²) in [7, 11) is 3.47. The van der Waals surface area contributed by atoms with Crippen LogP contribution in [0.1, 0.15) is 36.8 Å². The number of alkyl carbamates (subject to hydrolysis) is 1. The second kappa shape index (κ2) is 12.3. The number of fused-ring (bicyclic) bond motifs is 5. The van der Waals surface area contributed by atoms with E-state index >= 15 is 4.39 Å². The molecule has 2 saturated heterocycles. The molecule has 1 aromatic carbocycles. The molecule has 3 aromatic heterocycles. The molecule has 8 rings (SSSR count). The molecule has 1 atom stereocenters. The van der Waals surface area contributed by atoms with Gasteiger partial charge in [-0.2, -0.15) is 0 Å². The Bertz CT molecular complexity index is 1800. The largest absolute Gasteiger partial charge is 0.481 e. The molecule has 12 nitrogen and oxygen atoms in total. The number of carbonyl (C=O) groups is 2. The smallest absolute Gasteiger partial charge is 0.407 e. The summed E-state index contributed by atoms with van der Waals surface area (Å²) in [5, 5.41) is 5.81. The van der Waals surface area contributed by atoms with E-state index in [0.717, 1.165) is 18.4 Å². The van der Waals surface area contributed by atoms with Gasteiger partial charge in [-0.15, -0.1) is 0 Å². The van der Waals surface area contributed by atoms with Gasteiger partial charge in [0.2, 0.25) is 5.88 Å². The van der Waals surface area contributed by atoms with Gasteiger partial charge in [0.15, 0.2) is 18.2 Å². The summed E-state index contributed by atoms with van der Waals surface area (Å²) in [5.74, 6) is 1.14. The van der Waals surface area contributed by atoms with Crippen LogP contribution in [-0.4, -0.2) is 71.5 Å². The highest BCUT2D eigenvalue weighted by molar-refractivity contribution is 5.94. The van der Waals surface area contributed by atoms with E-state index in [4.69, 9.17) is 18.9 Å². The van der Waals surface area contributed by atoms with Crippen LogP contribution in [0.15, 0.2) is 60.8 Å². The molecular weight excluding hydrogens is 607 g/mol. The summed E-state index contributed by atoms with van der Waals surface area (Å²) in [6.45, 7) is 0.404. The first-order valence-corrected chi connectivity index (χ1v) is 15.5. The van der Waals surface area contributed by atoms with Gasteiger partial charge in [-0.05, 0) is 49.4 Å². The number of rotatable bonds is 9. The van der Waals surface area contributed by atoms with E-state index in [-0.39, 0.29) is 31.1 Å². The number of methoxy groups -OCH3 is 1. The summed E-state index contributed by atoms with van der Waals surface area (Å²) in [6, 6.07) is 15.8. The Hall–Kier alpha value is -5.04. The fraction of sp³-hybridized carbons (Fsp3) is 0.382. The van der Waals surface area contributed by atoms with E-state index in [9.17, 15) is 9.59 Å². The van der Waals surface area contributed by atoms with Crippen LogP contribution in [0.25, 0.3) is 11.0 Å². The van der Waals surface area contributed by atoms with Gasteiger partial charge in [0, 0.05) is 25.1 Å². The van der Waals surface area contributed by atoms with Crippen molar-refractivity contribution in [2.75, 3.05) is 37.6 Å². The van der Waals surface area contributed by atoms with Gasteiger partial charge in [0.25, 0.3) is 5.91 Å². The van der Waals surface area contributed by atoms with Gasteiger partial charge >= 0.3 is 6.09 Å². The lowest BCUT2D eigenvalue weighted by Gasteiger charge is -2.58. The zero-order chi connectivity index (χ0) is 32.6. The number of nitrogens with one attached hydrogen (secondary N) is 2. The van der Waals surface area contributed by atoms with Crippen molar-refractivity contribution in [1.82, 2.24) is 20.3 Å². The normalized spacial score (nSPS) is 22.1. The fourth-order valence-electron chi connectivity index (χ4n) is 6.83. The number of hydrogen-bond donors (Lipinski definition) is 2. The average molecular weight is 643 g/mol. The van der Waals surface area contributed by atoms with Crippen molar-refractivity contribution in [3.8, 4) is 11.6 Å². The van der Waals surface area contributed by atoms with Crippen LogP contribution >= 0.6 is 0 Å². The maximum absolute atomic E-state index is 15.6. The third-order valence-corrected chi connectivity index (χ3v) is 9.67. The van der Waals surface area contributed by atoms with Crippen LogP contribution in [0.4, 0.5) is 20.8 Å². The van der Waals surface area contributed by atoms with Crippen LogP contribution in [0.2, 0.25) is 0 Å². The molecule has 3 aliphatic heterocycles. The maximum atomic E-state index is 15.6. The molecule has 2 amide bonds. The molecule has 2 N–H and O–H groups in total. The standard InChI is InChI=1S/C34H35FN6O6/c1-41(27-10-9-25-31(38-27)39-28(42)19-45-25)33-12-14-34(15-13-33,47-20-33)26(37-32(43)46-18-21-6-4-3-5-7-21)16-22-23(35)17-36-24-8-11-29(44-2)40-30(22)24/h3-11,17,26H,12-16,18-20H2,1-2H3,(H,37,43)(H,38,39,42). The van der Waals surface area contributed by atoms with Crippen molar-refractivity contribution in [3.63, 3.8) is 0 Å². The number of nitrogens with zero attached hydrogens (tertiary/aromatic N) is 4. The first-order valence-electron chi connectivity index (χ1n) is 15.5. The van der Waals surface area contributed by atoms with Gasteiger partial charge in [-0.3, -0.25) is 9.78 Å². The first-order chi connectivity index (χ1) is 22.8. The Labute approximate surface area is 270 Å². The Kier molecular flexibility index (Phi) is 8.00. The van der Waals surface area contributed by atoms with E-state index in [1.807, 2.05) is 43.4 Å². The molecule has 244 valence electrons. The van der Waals surface area contributed by atoms with Crippen molar-refractivity contribution in [2.45, 2.75) is 55.9 Å². The summed E-state index contributed by atoms with van der Waals surface area (Å²) in [5.41, 5.74) is 0.868.